The number of rotatable bonds is 17. The predicted octanol–water partition coefficient (Wildman–Crippen LogP) is 7.34. The van der Waals surface area contributed by atoms with E-state index in [-0.39, 0.29) is 0 Å². The Kier molecular flexibility index (Phi) is 13.4. The molecule has 2 N–H and O–H groups in total. The third-order valence-electron chi connectivity index (χ3n) is 4.65. The minimum Gasteiger partial charge on any atom is -0.477 e. The van der Waals surface area contributed by atoms with Gasteiger partial charge in [0.15, 0.2) is 0 Å². The second-order valence-corrected chi connectivity index (χ2v) is 8.08. The highest BCUT2D eigenvalue weighted by atomic mass is 32.1. The molecule has 0 aliphatic rings. The normalized spacial score (nSPS) is 10.9. The molecular weight excluding hydrogens is 330 g/mol. The van der Waals surface area contributed by atoms with Crippen molar-refractivity contribution in [1.82, 2.24) is 0 Å². The smallest absolute Gasteiger partial charge is 0.345 e. The number of hydrogen-bond donors (Lipinski definition) is 2. The average molecular weight is 368 g/mol. The number of unbranched alkanes of at least 4 members (excludes halogenated alkanes) is 13. The Morgan fingerprint density at radius 1 is 0.840 bits per heavy atom. The molecule has 144 valence electrons. The maximum atomic E-state index is 10.8. The molecule has 1 aromatic rings. The van der Waals surface area contributed by atoms with E-state index >= 15 is 0 Å². The maximum absolute atomic E-state index is 10.8. The van der Waals surface area contributed by atoms with Gasteiger partial charge in [-0.25, -0.2) is 4.79 Å². The third-order valence-corrected chi connectivity index (χ3v) is 5.68. The highest BCUT2D eigenvalue weighted by molar-refractivity contribution is 7.17. The molecule has 0 aliphatic heterocycles. The fourth-order valence-electron chi connectivity index (χ4n) is 3.08. The summed E-state index contributed by atoms with van der Waals surface area (Å²) in [5, 5.41) is 13.2. The summed E-state index contributed by atoms with van der Waals surface area (Å²) >= 11 is 1.32. The van der Waals surface area contributed by atoms with Crippen LogP contribution in [-0.4, -0.2) is 17.6 Å². The molecule has 0 fully saturated rings. The van der Waals surface area contributed by atoms with E-state index < -0.39 is 5.97 Å². The Morgan fingerprint density at radius 2 is 1.32 bits per heavy atom. The van der Waals surface area contributed by atoms with Gasteiger partial charge in [-0.1, -0.05) is 90.4 Å². The molecule has 0 spiro atoms. The Balaban J connectivity index is 1.79. The molecule has 0 unspecified atom stereocenters. The van der Waals surface area contributed by atoms with Crippen molar-refractivity contribution >= 4 is 22.3 Å². The van der Waals surface area contributed by atoms with Crippen LogP contribution in [0.25, 0.3) is 0 Å². The van der Waals surface area contributed by atoms with Crippen molar-refractivity contribution in [2.24, 2.45) is 0 Å². The van der Waals surface area contributed by atoms with E-state index in [0.717, 1.165) is 18.0 Å². The summed E-state index contributed by atoms with van der Waals surface area (Å²) in [4.78, 5) is 11.2. The first kappa shape index (κ1) is 22.0. The van der Waals surface area contributed by atoms with Gasteiger partial charge in [-0.2, -0.15) is 0 Å². The first-order valence-electron chi connectivity index (χ1n) is 10.3. The third kappa shape index (κ3) is 12.0. The van der Waals surface area contributed by atoms with Crippen molar-refractivity contribution in [3.63, 3.8) is 0 Å². The van der Waals surface area contributed by atoms with Crippen LogP contribution >= 0.6 is 11.3 Å². The monoisotopic (exact) mass is 367 g/mol. The Labute approximate surface area is 158 Å². The fraction of sp³-hybridized carbons (Fsp3) is 0.762. The molecule has 1 heterocycles. The topological polar surface area (TPSA) is 49.3 Å². The minimum absolute atomic E-state index is 0.406. The van der Waals surface area contributed by atoms with E-state index in [2.05, 4.69) is 12.2 Å². The first-order chi connectivity index (χ1) is 12.2. The molecule has 0 bridgehead atoms. The van der Waals surface area contributed by atoms with E-state index in [9.17, 15) is 4.79 Å². The second kappa shape index (κ2) is 15.2. The molecule has 0 radical (unpaired) electrons. The van der Waals surface area contributed by atoms with Crippen LogP contribution in [0.3, 0.4) is 0 Å². The van der Waals surface area contributed by atoms with Gasteiger partial charge in [0.05, 0.1) is 5.00 Å². The molecule has 0 saturated heterocycles. The van der Waals surface area contributed by atoms with Crippen LogP contribution in [0.1, 0.15) is 106 Å². The lowest BCUT2D eigenvalue weighted by molar-refractivity contribution is 0.0702. The number of carboxylic acid groups (broad SMARTS) is 1. The summed E-state index contributed by atoms with van der Waals surface area (Å²) < 4.78 is 0. The van der Waals surface area contributed by atoms with Gasteiger partial charge in [0.25, 0.3) is 0 Å². The SMILES string of the molecule is CCCCCCCCCCCCCCCCNc1ccc(C(=O)O)s1. The quantitative estimate of drug-likeness (QED) is 0.283. The fourth-order valence-corrected chi connectivity index (χ4v) is 3.85. The molecule has 0 amide bonds. The highest BCUT2D eigenvalue weighted by Crippen LogP contribution is 2.21. The summed E-state index contributed by atoms with van der Waals surface area (Å²) in [5.41, 5.74) is 0. The Hall–Kier alpha value is -1.03. The van der Waals surface area contributed by atoms with Crippen LogP contribution in [-0.2, 0) is 0 Å². The van der Waals surface area contributed by atoms with Crippen molar-refractivity contribution < 1.29 is 9.90 Å². The van der Waals surface area contributed by atoms with Crippen molar-refractivity contribution in [1.29, 1.82) is 0 Å². The van der Waals surface area contributed by atoms with Crippen molar-refractivity contribution in [2.75, 3.05) is 11.9 Å². The largest absolute Gasteiger partial charge is 0.477 e. The molecule has 0 atom stereocenters. The Morgan fingerprint density at radius 3 is 1.76 bits per heavy atom. The number of nitrogens with one attached hydrogen (secondary N) is 1. The number of carboxylic acids is 1. The molecule has 1 aromatic heterocycles. The summed E-state index contributed by atoms with van der Waals surface area (Å²) in [7, 11) is 0. The van der Waals surface area contributed by atoms with E-state index in [1.54, 1.807) is 6.07 Å². The summed E-state index contributed by atoms with van der Waals surface area (Å²) in [6.07, 6.45) is 19.2. The van der Waals surface area contributed by atoms with Gasteiger partial charge in [0, 0.05) is 6.54 Å². The number of anilines is 1. The van der Waals surface area contributed by atoms with Crippen molar-refractivity contribution in [2.45, 2.75) is 96.8 Å². The number of aromatic carboxylic acids is 1. The van der Waals surface area contributed by atoms with Gasteiger partial charge in [0.1, 0.15) is 4.88 Å². The number of carbonyl (C=O) groups is 1. The lowest BCUT2D eigenvalue weighted by atomic mass is 10.0. The van der Waals surface area contributed by atoms with E-state index in [4.69, 9.17) is 5.11 Å². The predicted molar refractivity (Wildman–Crippen MR) is 110 cm³/mol. The summed E-state index contributed by atoms with van der Waals surface area (Å²) in [6, 6.07) is 3.53. The van der Waals surface area contributed by atoms with Gasteiger partial charge in [-0.15, -0.1) is 11.3 Å². The maximum Gasteiger partial charge on any atom is 0.345 e. The first-order valence-corrected chi connectivity index (χ1v) is 11.1. The zero-order chi connectivity index (χ0) is 18.2. The van der Waals surface area contributed by atoms with E-state index in [0.29, 0.717) is 4.88 Å². The molecular formula is C21H37NO2S. The van der Waals surface area contributed by atoms with Crippen LogP contribution in [0.4, 0.5) is 5.00 Å². The molecule has 4 heteroatoms. The van der Waals surface area contributed by atoms with Gasteiger partial charge in [0.2, 0.25) is 0 Å². The van der Waals surface area contributed by atoms with Crippen LogP contribution < -0.4 is 5.32 Å². The molecule has 0 aromatic carbocycles. The molecule has 0 saturated carbocycles. The van der Waals surface area contributed by atoms with Gasteiger partial charge in [-0.05, 0) is 18.6 Å². The van der Waals surface area contributed by atoms with Gasteiger partial charge >= 0.3 is 5.97 Å². The molecule has 0 aliphatic carbocycles. The van der Waals surface area contributed by atoms with Crippen LogP contribution in [0.15, 0.2) is 12.1 Å². The standard InChI is InChI=1S/C21H37NO2S/c1-2-3-4-5-6-7-8-9-10-11-12-13-14-15-18-22-20-17-16-19(25-20)21(23)24/h16-17,22H,2-15,18H2,1H3,(H,23,24). The number of thiophene rings is 1. The zero-order valence-electron chi connectivity index (χ0n) is 16.0. The van der Waals surface area contributed by atoms with E-state index in [1.165, 1.54) is 94.8 Å². The molecule has 1 rings (SSSR count). The van der Waals surface area contributed by atoms with Crippen molar-refractivity contribution in [3.05, 3.63) is 17.0 Å². The van der Waals surface area contributed by atoms with Crippen molar-refractivity contribution in [3.8, 4) is 0 Å². The molecule has 3 nitrogen and oxygen atoms in total. The van der Waals surface area contributed by atoms with E-state index in [1.807, 2.05) is 6.07 Å². The lowest BCUT2D eigenvalue weighted by Gasteiger charge is -2.04. The second-order valence-electron chi connectivity index (χ2n) is 6.99. The summed E-state index contributed by atoms with van der Waals surface area (Å²) in [6.45, 7) is 3.22. The molecule has 25 heavy (non-hydrogen) atoms. The van der Waals surface area contributed by atoms with Crippen LogP contribution in [0.2, 0.25) is 0 Å². The lowest BCUT2D eigenvalue weighted by Crippen LogP contribution is -1.99. The number of hydrogen-bond acceptors (Lipinski definition) is 3. The summed E-state index contributed by atoms with van der Waals surface area (Å²) in [5.74, 6) is -0.838. The zero-order valence-corrected chi connectivity index (χ0v) is 16.8. The van der Waals surface area contributed by atoms with Crippen LogP contribution in [0, 0.1) is 0 Å². The van der Waals surface area contributed by atoms with Crippen LogP contribution in [0.5, 0.6) is 0 Å². The van der Waals surface area contributed by atoms with Gasteiger partial charge < -0.3 is 10.4 Å². The minimum atomic E-state index is -0.838. The van der Waals surface area contributed by atoms with Gasteiger partial charge in [-0.3, -0.25) is 0 Å². The highest BCUT2D eigenvalue weighted by Gasteiger charge is 2.05. The average Bonchev–Trinajstić information content (AvgIpc) is 3.07. The Bertz CT molecular complexity index is 445.